The predicted octanol–water partition coefficient (Wildman–Crippen LogP) is 9.96. The van der Waals surface area contributed by atoms with E-state index in [4.69, 9.17) is 25.3 Å². The first-order valence-corrected chi connectivity index (χ1v) is 35.7. The SMILES string of the molecule is Cc1c(-c2ccc(-c3ccc4c(c3)N(C(=O)Nc3nc5ccccc5s3)CCC4)nc2C(=O)O)cnn1CC12CC3(C)CC(C)(C1)CC(OCCN(CCC(=O)O)C(=O)OCc1ccc(NC(=O)C(CCCNC(N)=O)NC(=O)C(NC(=O)CCCCCN4C(=O)C=CC4=O)C(C)C)cc1)(C3)C2. The fourth-order valence-electron chi connectivity index (χ4n) is 16.6. The highest BCUT2D eigenvalue weighted by Crippen LogP contribution is 2.72. The summed E-state index contributed by atoms with van der Waals surface area (Å²) in [7, 11) is 0. The molecule has 540 valence electrons. The zero-order chi connectivity index (χ0) is 72.7. The average Bonchev–Trinajstić information content (AvgIpc) is 0.785. The van der Waals surface area contributed by atoms with E-state index < -0.39 is 53.6 Å². The second-order valence-electron chi connectivity index (χ2n) is 29.1. The molecule has 4 unspecified atom stereocenters. The summed E-state index contributed by atoms with van der Waals surface area (Å²) in [6, 6.07) is 20.4. The van der Waals surface area contributed by atoms with Crippen LogP contribution < -0.4 is 37.2 Å². The minimum atomic E-state index is -1.19. The van der Waals surface area contributed by atoms with Gasteiger partial charge in [-0.25, -0.2) is 29.1 Å². The fourth-order valence-corrected chi connectivity index (χ4v) is 17.5. The van der Waals surface area contributed by atoms with Crippen molar-refractivity contribution in [3.05, 3.63) is 120 Å². The number of fused-ring (bicyclic) bond motifs is 2. The van der Waals surface area contributed by atoms with Crippen LogP contribution in [0.1, 0.15) is 145 Å². The minimum Gasteiger partial charge on any atom is -0.481 e. The standard InChI is InChI=1S/C74H89N13O14S/c1-45(2)62(82-58(88)17-7-6-10-30-86-59(89)26-27-60(86)90)65(94)80-55(15-11-29-76-67(75)97)64(93)78-50-22-18-47(19-23-50)37-100-70(99)84(32-28-61(91)92)33-34-101-74-41-71(4)38-72(5,42-74)40-73(39-71,43-74)44-87-46(3)52(36-77-87)51-24-25-53(79-63(51)66(95)96)49-21-20-48-13-12-31-85(56(48)35-49)69(98)83-68-81-54-14-8-9-16-57(54)102-68/h8-9,14,16,18-27,35-36,45,55,62H,6-7,10-13,15,17,28-34,37-44H2,1-5H3,(H,78,93)(H,80,94)(H,82,88)(H,91,92)(H,95,96)(H3,75,76,97)(H,81,83,98). The van der Waals surface area contributed by atoms with Gasteiger partial charge in [0.05, 0.1) is 40.7 Å². The number of aromatic nitrogens is 4. The maximum absolute atomic E-state index is 13.9. The van der Waals surface area contributed by atoms with Gasteiger partial charge in [0.15, 0.2) is 10.8 Å². The van der Waals surface area contributed by atoms with Crippen LogP contribution in [0.25, 0.3) is 32.6 Å². The van der Waals surface area contributed by atoms with E-state index >= 15 is 0 Å². The topological polar surface area (TPSA) is 369 Å². The lowest BCUT2D eigenvalue weighted by Gasteiger charge is -2.69. The number of carboxylic acid groups (broad SMARTS) is 2. The predicted molar refractivity (Wildman–Crippen MR) is 381 cm³/mol. The molecule has 4 bridgehead atoms. The molecule has 0 radical (unpaired) electrons. The van der Waals surface area contributed by atoms with Crippen LogP contribution in [0.3, 0.4) is 0 Å². The van der Waals surface area contributed by atoms with Crippen LogP contribution in [-0.4, -0.2) is 156 Å². The molecule has 27 nitrogen and oxygen atoms in total. The molecule has 3 aromatic heterocycles. The number of aromatic carboxylic acids is 1. The van der Waals surface area contributed by atoms with Crippen LogP contribution in [-0.2, 0) is 57.8 Å². The number of hydrogen-bond donors (Lipinski definition) is 8. The van der Waals surface area contributed by atoms with Gasteiger partial charge in [-0.15, -0.1) is 0 Å². The highest BCUT2D eigenvalue weighted by atomic mass is 32.1. The number of ether oxygens (including phenoxy) is 2. The Morgan fingerprint density at radius 3 is 2.24 bits per heavy atom. The number of thiazole rings is 1. The summed E-state index contributed by atoms with van der Waals surface area (Å²) in [5, 5.41) is 39.7. The van der Waals surface area contributed by atoms with Crippen molar-refractivity contribution in [2.45, 2.75) is 162 Å². The summed E-state index contributed by atoms with van der Waals surface area (Å²) in [6.07, 6.45) is 11.8. The molecule has 5 heterocycles. The number of nitrogens with one attached hydrogen (secondary N) is 5. The largest absolute Gasteiger partial charge is 0.481 e. The number of nitrogens with zero attached hydrogens (tertiary/aromatic N) is 7. The Morgan fingerprint density at radius 1 is 0.784 bits per heavy atom. The highest BCUT2D eigenvalue weighted by Gasteiger charge is 2.66. The van der Waals surface area contributed by atoms with E-state index in [1.807, 2.05) is 60.1 Å². The van der Waals surface area contributed by atoms with Gasteiger partial charge in [-0.3, -0.25) is 48.6 Å². The number of nitrogens with two attached hydrogens (primary N) is 1. The first-order valence-electron chi connectivity index (χ1n) is 34.9. The molecule has 102 heavy (non-hydrogen) atoms. The number of amides is 10. The summed E-state index contributed by atoms with van der Waals surface area (Å²) in [5.74, 6) is -4.96. The molecule has 4 fully saturated rings. The third-order valence-corrected chi connectivity index (χ3v) is 21.1. The summed E-state index contributed by atoms with van der Waals surface area (Å²) in [4.78, 5) is 142. The number of carbonyl (C=O) groups excluding carboxylic acids is 8. The number of imide groups is 1. The smallest absolute Gasteiger partial charge is 0.410 e. The van der Waals surface area contributed by atoms with E-state index in [-0.39, 0.29) is 117 Å². The van der Waals surface area contributed by atoms with Crippen molar-refractivity contribution in [3.63, 3.8) is 0 Å². The summed E-state index contributed by atoms with van der Waals surface area (Å²) in [5.41, 5.74) is 10.6. The Morgan fingerprint density at radius 2 is 1.53 bits per heavy atom. The minimum absolute atomic E-state index is 0.0567. The molecule has 4 aliphatic carbocycles. The zero-order valence-corrected chi connectivity index (χ0v) is 59.0. The summed E-state index contributed by atoms with van der Waals surface area (Å²) < 4.78 is 15.7. The lowest BCUT2D eigenvalue weighted by atomic mass is 9.39. The number of para-hydroxylation sites is 1. The fraction of sp³-hybridized carbons (Fsp3) is 0.473. The van der Waals surface area contributed by atoms with Gasteiger partial charge in [0.1, 0.15) is 18.7 Å². The van der Waals surface area contributed by atoms with Gasteiger partial charge in [0.2, 0.25) is 17.7 Å². The molecule has 0 spiro atoms. The van der Waals surface area contributed by atoms with Crippen LogP contribution in [0.4, 0.5) is 30.9 Å². The van der Waals surface area contributed by atoms with Crippen molar-refractivity contribution in [3.8, 4) is 22.4 Å². The molecule has 12 rings (SSSR count). The van der Waals surface area contributed by atoms with E-state index in [0.29, 0.717) is 71.1 Å². The van der Waals surface area contributed by atoms with E-state index in [1.165, 1.54) is 28.4 Å². The van der Waals surface area contributed by atoms with Crippen molar-refractivity contribution < 1.29 is 67.6 Å². The number of rotatable bonds is 31. The molecule has 4 atom stereocenters. The van der Waals surface area contributed by atoms with E-state index in [2.05, 4.69) is 45.4 Å². The monoisotopic (exact) mass is 1420 g/mol. The number of carboxylic acids is 2. The summed E-state index contributed by atoms with van der Waals surface area (Å²) >= 11 is 1.40. The number of aliphatic carboxylic acids is 1. The third kappa shape index (κ3) is 17.4. The van der Waals surface area contributed by atoms with Crippen LogP contribution in [0, 0.1) is 29.1 Å². The molecular weight excluding hydrogens is 1330 g/mol. The molecule has 2 aliphatic heterocycles. The van der Waals surface area contributed by atoms with Crippen LogP contribution in [0.2, 0.25) is 0 Å². The molecule has 28 heteroatoms. The Kier molecular flexibility index (Phi) is 22.2. The van der Waals surface area contributed by atoms with Crippen molar-refractivity contribution in [2.75, 3.05) is 54.9 Å². The molecular formula is C74H89N13O14S. The number of urea groups is 2. The van der Waals surface area contributed by atoms with Crippen molar-refractivity contribution in [1.82, 2.24) is 45.5 Å². The van der Waals surface area contributed by atoms with Crippen molar-refractivity contribution in [2.24, 2.45) is 27.9 Å². The van der Waals surface area contributed by atoms with Crippen molar-refractivity contribution in [1.29, 1.82) is 0 Å². The second-order valence-corrected chi connectivity index (χ2v) is 30.1. The normalized spacial score (nSPS) is 20.8. The Labute approximate surface area is 594 Å². The molecule has 9 N–H and O–H groups in total. The number of benzene rings is 3. The third-order valence-electron chi connectivity index (χ3n) is 20.1. The molecule has 4 saturated carbocycles. The number of unbranched alkanes of at least 4 members (excludes halogenated alkanes) is 2. The van der Waals surface area contributed by atoms with Gasteiger partial charge in [-0.05, 0) is 160 Å². The Balaban J connectivity index is 0.696. The molecule has 6 aliphatic rings. The maximum atomic E-state index is 13.9. The molecule has 10 amide bonds. The van der Waals surface area contributed by atoms with Gasteiger partial charge in [0.25, 0.3) is 11.8 Å². The molecule has 0 saturated heterocycles. The van der Waals surface area contributed by atoms with Crippen LogP contribution >= 0.6 is 11.3 Å². The lowest BCUT2D eigenvalue weighted by molar-refractivity contribution is -0.248. The highest BCUT2D eigenvalue weighted by molar-refractivity contribution is 7.22. The lowest BCUT2D eigenvalue weighted by Crippen LogP contribution is -2.64. The zero-order valence-electron chi connectivity index (χ0n) is 58.1. The van der Waals surface area contributed by atoms with Crippen LogP contribution in [0.5, 0.6) is 0 Å². The van der Waals surface area contributed by atoms with E-state index in [0.717, 1.165) is 83.4 Å². The number of aryl methyl sites for hydroxylation is 1. The van der Waals surface area contributed by atoms with E-state index in [9.17, 15) is 58.2 Å². The van der Waals surface area contributed by atoms with Crippen LogP contribution in [0.15, 0.2) is 97.2 Å². The van der Waals surface area contributed by atoms with Crippen molar-refractivity contribution >= 4 is 97.7 Å². The van der Waals surface area contributed by atoms with E-state index in [1.54, 1.807) is 55.3 Å². The average molecular weight is 1420 g/mol. The van der Waals surface area contributed by atoms with Gasteiger partial charge < -0.3 is 51.6 Å². The molecule has 3 aromatic carbocycles. The van der Waals surface area contributed by atoms with Gasteiger partial charge >= 0.3 is 30.1 Å². The quantitative estimate of drug-likeness (QED) is 0.0148. The Hall–Kier alpha value is -10.1. The van der Waals surface area contributed by atoms with Gasteiger partial charge in [0, 0.05) is 91.6 Å². The Bertz CT molecular complexity index is 4180. The summed E-state index contributed by atoms with van der Waals surface area (Å²) in [6.45, 7) is 11.4. The van der Waals surface area contributed by atoms with Gasteiger partial charge in [-0.1, -0.05) is 81.9 Å². The number of hydrogen-bond acceptors (Lipinski definition) is 16. The number of anilines is 3. The second kappa shape index (κ2) is 31.0. The first kappa shape index (κ1) is 73.1. The number of pyridine rings is 1. The maximum Gasteiger partial charge on any atom is 0.410 e. The van der Waals surface area contributed by atoms with Gasteiger partial charge in [-0.2, -0.15) is 5.10 Å². The molecule has 6 aromatic rings. The number of carbonyl (C=O) groups is 10. The first-order chi connectivity index (χ1) is 48.7. The number of primary amides is 1.